The number of hydrogen-bond donors (Lipinski definition) is 0. The van der Waals surface area contributed by atoms with Crippen molar-refractivity contribution in [2.24, 2.45) is 0 Å². The molecular formula is C17H11BBrF2N. The van der Waals surface area contributed by atoms with Crippen LogP contribution in [0.3, 0.4) is 0 Å². The largest absolute Gasteiger partial charge is 0.572 e. The Balaban J connectivity index is 2.15. The quantitative estimate of drug-likeness (QED) is 0.563. The maximum atomic E-state index is 13.5. The number of aromatic nitrogens is 1. The van der Waals surface area contributed by atoms with Crippen LogP contribution < -0.4 is 0 Å². The molecule has 0 aliphatic heterocycles. The highest BCUT2D eigenvalue weighted by Crippen LogP contribution is 2.26. The molecule has 1 nitrogen and oxygen atoms in total. The summed E-state index contributed by atoms with van der Waals surface area (Å²) in [5.74, 6) is 0. The van der Waals surface area contributed by atoms with Gasteiger partial charge in [0, 0.05) is 21.5 Å². The lowest BCUT2D eigenvalue weighted by atomic mass is 9.79. The molecule has 0 aliphatic rings. The van der Waals surface area contributed by atoms with Crippen LogP contribution in [0.5, 0.6) is 0 Å². The van der Waals surface area contributed by atoms with Gasteiger partial charge in [0.1, 0.15) is 0 Å². The van der Waals surface area contributed by atoms with Crippen LogP contribution in [0.1, 0.15) is 11.3 Å². The molecule has 0 saturated heterocycles. The number of pyridine rings is 1. The molecule has 0 spiro atoms. The van der Waals surface area contributed by atoms with E-state index in [-0.39, 0.29) is 5.47 Å². The maximum absolute atomic E-state index is 13.5. The van der Waals surface area contributed by atoms with Gasteiger partial charge in [0.15, 0.2) is 0 Å². The summed E-state index contributed by atoms with van der Waals surface area (Å²) in [6.07, 6.45) is 3.11. The minimum atomic E-state index is -2.57. The highest BCUT2D eigenvalue weighted by molar-refractivity contribution is 9.10. The van der Waals surface area contributed by atoms with Gasteiger partial charge in [-0.05, 0) is 35.2 Å². The minimum Gasteiger partial charge on any atom is -0.281 e. The zero-order valence-corrected chi connectivity index (χ0v) is 13.1. The predicted octanol–water partition coefficient (Wildman–Crippen LogP) is 5.50. The van der Waals surface area contributed by atoms with Crippen LogP contribution in [0.2, 0.25) is 0 Å². The van der Waals surface area contributed by atoms with E-state index in [4.69, 9.17) is 0 Å². The second-order valence-corrected chi connectivity index (χ2v) is 5.74. The van der Waals surface area contributed by atoms with Crippen molar-refractivity contribution in [1.82, 2.24) is 4.98 Å². The zero-order chi connectivity index (χ0) is 15.5. The monoisotopic (exact) mass is 357 g/mol. The van der Waals surface area contributed by atoms with Crippen LogP contribution in [-0.4, -0.2) is 12.3 Å². The minimum absolute atomic E-state index is 0.0312. The summed E-state index contributed by atoms with van der Waals surface area (Å²) in [5.41, 5.74) is 1.01. The van der Waals surface area contributed by atoms with E-state index in [0.29, 0.717) is 11.3 Å². The van der Waals surface area contributed by atoms with E-state index in [1.807, 2.05) is 30.3 Å². The van der Waals surface area contributed by atoms with Crippen molar-refractivity contribution >= 4 is 45.5 Å². The molecular weight excluding hydrogens is 347 g/mol. The molecule has 1 heterocycles. The van der Waals surface area contributed by atoms with E-state index >= 15 is 0 Å². The average Bonchev–Trinajstić information content (AvgIpc) is 2.53. The second kappa shape index (κ2) is 6.40. The zero-order valence-electron chi connectivity index (χ0n) is 11.5. The van der Waals surface area contributed by atoms with Gasteiger partial charge in [-0.15, -0.1) is 0 Å². The van der Waals surface area contributed by atoms with Crippen molar-refractivity contribution in [3.05, 3.63) is 76.5 Å². The molecule has 5 heteroatoms. The van der Waals surface area contributed by atoms with Gasteiger partial charge >= 0.3 is 7.27 Å². The van der Waals surface area contributed by atoms with E-state index in [1.54, 1.807) is 30.5 Å². The molecule has 3 aromatic rings. The Morgan fingerprint density at radius 2 is 1.73 bits per heavy atom. The maximum Gasteiger partial charge on any atom is 0.572 e. The number of rotatable bonds is 3. The van der Waals surface area contributed by atoms with Gasteiger partial charge in [0.25, 0.3) is 0 Å². The molecule has 0 bridgehead atoms. The summed E-state index contributed by atoms with van der Waals surface area (Å²) in [4.78, 5) is 4.25. The van der Waals surface area contributed by atoms with Gasteiger partial charge in [-0.3, -0.25) is 13.6 Å². The summed E-state index contributed by atoms with van der Waals surface area (Å²) in [6.45, 7) is 0. The van der Waals surface area contributed by atoms with Crippen LogP contribution in [0.4, 0.5) is 8.63 Å². The Bertz CT molecular complexity index is 826. The molecule has 22 heavy (non-hydrogen) atoms. The molecule has 108 valence electrons. The molecule has 0 aliphatic carbocycles. The molecule has 0 unspecified atom stereocenters. The van der Waals surface area contributed by atoms with E-state index in [2.05, 4.69) is 20.9 Å². The van der Waals surface area contributed by atoms with Gasteiger partial charge in [-0.2, -0.15) is 0 Å². The van der Waals surface area contributed by atoms with Gasteiger partial charge < -0.3 is 0 Å². The first kappa shape index (κ1) is 14.9. The smallest absolute Gasteiger partial charge is 0.281 e. The lowest BCUT2D eigenvalue weighted by Crippen LogP contribution is -2.02. The van der Waals surface area contributed by atoms with Gasteiger partial charge in [-0.1, -0.05) is 52.3 Å². The number of halogens is 3. The van der Waals surface area contributed by atoms with Crippen LogP contribution in [0, 0.1) is 0 Å². The molecule has 2 aromatic carbocycles. The van der Waals surface area contributed by atoms with E-state index in [9.17, 15) is 8.63 Å². The molecule has 0 N–H and O–H groups in total. The lowest BCUT2D eigenvalue weighted by molar-refractivity contribution is 0.687. The third-order valence-electron chi connectivity index (χ3n) is 3.41. The van der Waals surface area contributed by atoms with Gasteiger partial charge in [0.05, 0.1) is 5.69 Å². The van der Waals surface area contributed by atoms with Crippen LogP contribution in [0.25, 0.3) is 22.3 Å². The van der Waals surface area contributed by atoms with E-state index in [1.165, 1.54) is 6.08 Å². The first-order chi connectivity index (χ1) is 10.6. The molecule has 3 rings (SSSR count). The number of nitrogens with zero attached hydrogens (tertiary/aromatic N) is 1. The Morgan fingerprint density at radius 3 is 2.45 bits per heavy atom. The third-order valence-corrected chi connectivity index (χ3v) is 3.94. The summed E-state index contributed by atoms with van der Waals surface area (Å²) >= 11 is 3.31. The summed E-state index contributed by atoms with van der Waals surface area (Å²) < 4.78 is 27.8. The van der Waals surface area contributed by atoms with Crippen LogP contribution in [0.15, 0.2) is 65.3 Å². The number of hydrogen-bond acceptors (Lipinski definition) is 1. The molecule has 0 radical (unpaired) electrons. The summed E-state index contributed by atoms with van der Waals surface area (Å²) in [7, 11) is -2.57. The molecule has 0 fully saturated rings. The van der Waals surface area contributed by atoms with E-state index < -0.39 is 7.27 Å². The number of fused-ring (bicyclic) bond motifs is 1. The van der Waals surface area contributed by atoms with Crippen molar-refractivity contribution in [3.63, 3.8) is 0 Å². The highest BCUT2D eigenvalue weighted by atomic mass is 79.9. The first-order valence-electron chi connectivity index (χ1n) is 6.74. The number of benzene rings is 2. The highest BCUT2D eigenvalue weighted by Gasteiger charge is 2.22. The summed E-state index contributed by atoms with van der Waals surface area (Å²) in [6, 6.07) is 16.3. The normalized spacial score (nSPS) is 11.7. The second-order valence-electron chi connectivity index (χ2n) is 4.82. The Hall–Kier alpha value is -2.01. The van der Waals surface area contributed by atoms with Crippen molar-refractivity contribution in [3.8, 4) is 0 Å². The Kier molecular flexibility index (Phi) is 4.34. The SMILES string of the molecule is FB(F)/C(=C/c1nccc2ccccc12)c1ccc(Br)cc1. The topological polar surface area (TPSA) is 12.9 Å². The fourth-order valence-electron chi connectivity index (χ4n) is 2.32. The molecule has 1 aromatic heterocycles. The van der Waals surface area contributed by atoms with Crippen molar-refractivity contribution in [2.75, 3.05) is 0 Å². The molecule has 0 atom stereocenters. The standard InChI is InChI=1S/C17H11BBrF2N/c19-14-7-5-13(6-8-14)16(18(20)21)11-17-15-4-2-1-3-12(15)9-10-22-17/h1-11H/b16-11+. The summed E-state index contributed by atoms with van der Waals surface area (Å²) in [5, 5.41) is 1.84. The van der Waals surface area contributed by atoms with Crippen molar-refractivity contribution in [1.29, 1.82) is 0 Å². The predicted molar refractivity (Wildman–Crippen MR) is 91.7 cm³/mol. The fourth-order valence-corrected chi connectivity index (χ4v) is 2.58. The molecule has 0 amide bonds. The van der Waals surface area contributed by atoms with E-state index in [0.717, 1.165) is 15.2 Å². The van der Waals surface area contributed by atoms with Crippen molar-refractivity contribution in [2.45, 2.75) is 0 Å². The third kappa shape index (κ3) is 3.09. The fraction of sp³-hybridized carbons (Fsp3) is 0. The van der Waals surface area contributed by atoms with Gasteiger partial charge in [-0.25, -0.2) is 0 Å². The first-order valence-corrected chi connectivity index (χ1v) is 7.54. The molecule has 0 saturated carbocycles. The van der Waals surface area contributed by atoms with Gasteiger partial charge in [0.2, 0.25) is 0 Å². The average molecular weight is 358 g/mol. The van der Waals surface area contributed by atoms with Crippen LogP contribution in [-0.2, 0) is 0 Å². The van der Waals surface area contributed by atoms with Crippen LogP contribution >= 0.6 is 15.9 Å². The van der Waals surface area contributed by atoms with Crippen molar-refractivity contribution < 1.29 is 8.63 Å². The Morgan fingerprint density at radius 1 is 1.00 bits per heavy atom. The lowest BCUT2D eigenvalue weighted by Gasteiger charge is -2.07. The Labute approximate surface area is 136 Å².